The second kappa shape index (κ2) is 13.4. The molecule has 0 aliphatic rings. The third kappa shape index (κ3) is 7.23. The molecule has 0 amide bonds. The van der Waals surface area contributed by atoms with Gasteiger partial charge in [-0.15, -0.1) is 0 Å². The lowest BCUT2D eigenvalue weighted by Crippen LogP contribution is -2.00. The van der Waals surface area contributed by atoms with E-state index < -0.39 is 5.24 Å². The zero-order valence-electron chi connectivity index (χ0n) is 18.9. The maximum Gasteiger partial charge on any atom is 0.253 e. The summed E-state index contributed by atoms with van der Waals surface area (Å²) in [5.74, 6) is -0.0987. The normalized spacial score (nSPS) is 9.97. The van der Waals surface area contributed by atoms with Crippen molar-refractivity contribution >= 4 is 67.9 Å². The molecule has 0 aliphatic heterocycles. The summed E-state index contributed by atoms with van der Waals surface area (Å²) >= 11 is 16.3. The van der Waals surface area contributed by atoms with E-state index in [0.29, 0.717) is 32.6 Å². The second-order valence-corrected chi connectivity index (χ2v) is 8.48. The average molecular weight is 568 g/mol. The monoisotopic (exact) mass is 566 g/mol. The van der Waals surface area contributed by atoms with Gasteiger partial charge in [0.2, 0.25) is 0 Å². The van der Waals surface area contributed by atoms with E-state index in [0.717, 1.165) is 16.4 Å². The fourth-order valence-corrected chi connectivity index (χ4v) is 3.52. The topological polar surface area (TPSA) is 117 Å². The molecule has 6 rings (SSSR count). The van der Waals surface area contributed by atoms with E-state index in [9.17, 15) is 9.59 Å². The molecular formula is C27H21Cl3N6O2. The van der Waals surface area contributed by atoms with Gasteiger partial charge >= 0.3 is 0 Å². The average Bonchev–Trinajstić information content (AvgIpc) is 3.57. The van der Waals surface area contributed by atoms with Crippen molar-refractivity contribution in [2.75, 3.05) is 0 Å². The Hall–Kier alpha value is -4.11. The fourth-order valence-electron chi connectivity index (χ4n) is 3.18. The van der Waals surface area contributed by atoms with Gasteiger partial charge in [-0.1, -0.05) is 30.6 Å². The summed E-state index contributed by atoms with van der Waals surface area (Å²) in [7, 11) is 0. The van der Waals surface area contributed by atoms with E-state index in [1.54, 1.807) is 36.8 Å². The van der Waals surface area contributed by atoms with Gasteiger partial charge in [0.05, 0.1) is 5.56 Å². The molecule has 0 saturated heterocycles. The summed E-state index contributed by atoms with van der Waals surface area (Å²) in [6.45, 7) is 0. The highest BCUT2D eigenvalue weighted by Crippen LogP contribution is 2.19. The van der Waals surface area contributed by atoms with Crippen molar-refractivity contribution < 1.29 is 9.59 Å². The molecule has 0 fully saturated rings. The van der Waals surface area contributed by atoms with Crippen molar-refractivity contribution in [3.63, 3.8) is 0 Å². The van der Waals surface area contributed by atoms with Gasteiger partial charge in [0, 0.05) is 59.1 Å². The molecule has 0 aromatic carbocycles. The molecule has 6 aromatic rings. The Kier molecular flexibility index (Phi) is 10.1. The first-order valence-corrected chi connectivity index (χ1v) is 11.8. The Labute approximate surface area is 233 Å². The van der Waals surface area contributed by atoms with E-state index in [1.165, 1.54) is 24.5 Å². The van der Waals surface area contributed by atoms with Crippen LogP contribution in [-0.4, -0.2) is 40.9 Å². The summed E-state index contributed by atoms with van der Waals surface area (Å²) in [5, 5.41) is 2.16. The van der Waals surface area contributed by atoms with Crippen LogP contribution in [0.2, 0.25) is 10.3 Å². The van der Waals surface area contributed by atoms with Crippen LogP contribution in [0.15, 0.2) is 91.8 Å². The highest BCUT2D eigenvalue weighted by atomic mass is 35.5. The number of pyridine rings is 4. The van der Waals surface area contributed by atoms with Crippen molar-refractivity contribution in [3.8, 4) is 0 Å². The van der Waals surface area contributed by atoms with E-state index in [-0.39, 0.29) is 13.2 Å². The van der Waals surface area contributed by atoms with Crippen LogP contribution in [0.5, 0.6) is 0 Å². The number of aromatic nitrogens is 6. The molecule has 38 heavy (non-hydrogen) atoms. The Bertz CT molecular complexity index is 1620. The van der Waals surface area contributed by atoms with Crippen LogP contribution in [-0.2, 0) is 0 Å². The van der Waals surface area contributed by atoms with E-state index in [1.807, 2.05) is 30.5 Å². The lowest BCUT2D eigenvalue weighted by Gasteiger charge is -1.99. The second-order valence-electron chi connectivity index (χ2n) is 7.36. The number of carbonyl (C=O) groups is 2. The lowest BCUT2D eigenvalue weighted by atomic mass is 10.1. The molecule has 0 saturated carbocycles. The Morgan fingerprint density at radius 3 is 1.95 bits per heavy atom. The molecule has 192 valence electrons. The Morgan fingerprint density at radius 2 is 1.34 bits per heavy atom. The molecule has 6 heterocycles. The third-order valence-electron chi connectivity index (χ3n) is 4.96. The summed E-state index contributed by atoms with van der Waals surface area (Å²) < 4.78 is 0. The summed E-state index contributed by atoms with van der Waals surface area (Å²) in [6, 6.07) is 15.9. The van der Waals surface area contributed by atoms with E-state index in [4.69, 9.17) is 34.8 Å². The number of H-pyrrole nitrogens is 2. The largest absolute Gasteiger partial charge is 0.346 e. The smallest absolute Gasteiger partial charge is 0.253 e. The highest BCUT2D eigenvalue weighted by Gasteiger charge is 2.14. The van der Waals surface area contributed by atoms with Gasteiger partial charge in [0.25, 0.3) is 5.24 Å². The number of rotatable bonds is 3. The van der Waals surface area contributed by atoms with Gasteiger partial charge in [-0.2, -0.15) is 0 Å². The van der Waals surface area contributed by atoms with Crippen molar-refractivity contribution in [1.29, 1.82) is 0 Å². The zero-order valence-corrected chi connectivity index (χ0v) is 21.2. The first kappa shape index (κ1) is 28.5. The molecular weight excluding hydrogens is 547 g/mol. The van der Waals surface area contributed by atoms with Crippen molar-refractivity contribution in [3.05, 3.63) is 119 Å². The van der Waals surface area contributed by atoms with Crippen LogP contribution in [0, 0.1) is 0 Å². The number of aromatic amines is 2. The van der Waals surface area contributed by atoms with Gasteiger partial charge in [0.15, 0.2) is 5.78 Å². The van der Waals surface area contributed by atoms with Crippen LogP contribution in [0.4, 0.5) is 0 Å². The molecule has 2 N–H and O–H groups in total. The number of halogens is 3. The summed E-state index contributed by atoms with van der Waals surface area (Å²) in [4.78, 5) is 44.5. The van der Waals surface area contributed by atoms with Gasteiger partial charge in [0.1, 0.15) is 21.6 Å². The van der Waals surface area contributed by atoms with Crippen LogP contribution < -0.4 is 0 Å². The van der Waals surface area contributed by atoms with Crippen molar-refractivity contribution in [1.82, 2.24) is 29.9 Å². The van der Waals surface area contributed by atoms with Gasteiger partial charge in [-0.25, -0.2) is 19.9 Å². The Morgan fingerprint density at radius 1 is 0.711 bits per heavy atom. The van der Waals surface area contributed by atoms with Gasteiger partial charge in [-0.05, 0) is 66.2 Å². The molecule has 0 unspecified atom stereocenters. The van der Waals surface area contributed by atoms with Crippen LogP contribution in [0.3, 0.4) is 0 Å². The predicted octanol–water partition coefficient (Wildman–Crippen LogP) is 7.16. The van der Waals surface area contributed by atoms with Crippen LogP contribution in [0.1, 0.15) is 33.7 Å². The molecule has 11 heteroatoms. The van der Waals surface area contributed by atoms with Crippen molar-refractivity contribution in [2.24, 2.45) is 0 Å². The SMILES string of the molecule is C.O=C(Cl)c1ccc(Cl)nc1.O=C(c1ccc(Cl)nc1)c1c[nH]c2ncccc12.c1cnc2[nH]ccc2c1. The van der Waals surface area contributed by atoms with Gasteiger partial charge in [-0.3, -0.25) is 9.59 Å². The quantitative estimate of drug-likeness (QED) is 0.133. The van der Waals surface area contributed by atoms with E-state index in [2.05, 4.69) is 29.9 Å². The number of nitrogens with one attached hydrogen (secondary N) is 2. The first-order valence-electron chi connectivity index (χ1n) is 10.7. The molecule has 0 aliphatic carbocycles. The number of hydrogen-bond acceptors (Lipinski definition) is 6. The minimum Gasteiger partial charge on any atom is -0.346 e. The number of ketones is 1. The first-order chi connectivity index (χ1) is 17.9. The standard InChI is InChI=1S/C13H8ClN3O.C7H6N2.C6H3Cl2NO.CH4/c14-11-4-3-8(6-16-11)12(18)10-7-17-13-9(10)2-1-5-15-13;1-2-6-3-5-9-7(6)8-4-1;7-5-2-1-4(3-9-5)6(8)10;/h1-7H,(H,15,17);1-5H,(H,8,9);1-3H;1H4. The minimum atomic E-state index is -0.524. The number of fused-ring (bicyclic) bond motifs is 2. The molecule has 0 bridgehead atoms. The Balaban J connectivity index is 0.000000170. The maximum absolute atomic E-state index is 12.3. The molecule has 8 nitrogen and oxygen atoms in total. The number of nitrogens with zero attached hydrogens (tertiary/aromatic N) is 4. The fraction of sp³-hybridized carbons (Fsp3) is 0.0370. The number of carbonyl (C=O) groups excluding carboxylic acids is 2. The zero-order chi connectivity index (χ0) is 26.2. The molecule has 0 atom stereocenters. The molecule has 0 spiro atoms. The van der Waals surface area contributed by atoms with Gasteiger partial charge < -0.3 is 9.97 Å². The highest BCUT2D eigenvalue weighted by molar-refractivity contribution is 6.67. The number of hydrogen-bond donors (Lipinski definition) is 2. The predicted molar refractivity (Wildman–Crippen MR) is 151 cm³/mol. The van der Waals surface area contributed by atoms with Crippen LogP contribution in [0.25, 0.3) is 22.1 Å². The minimum absolute atomic E-state index is 0. The molecule has 0 radical (unpaired) electrons. The maximum atomic E-state index is 12.3. The van der Waals surface area contributed by atoms with Crippen LogP contribution >= 0.6 is 34.8 Å². The molecule has 6 aromatic heterocycles. The summed E-state index contributed by atoms with van der Waals surface area (Å²) in [5.41, 5.74) is 3.10. The van der Waals surface area contributed by atoms with E-state index >= 15 is 0 Å². The lowest BCUT2D eigenvalue weighted by molar-refractivity contribution is 0.103. The third-order valence-corrected chi connectivity index (χ3v) is 5.63. The summed E-state index contributed by atoms with van der Waals surface area (Å²) in [6.07, 6.45) is 9.81. The van der Waals surface area contributed by atoms with Crippen molar-refractivity contribution in [2.45, 2.75) is 7.43 Å².